The van der Waals surface area contributed by atoms with E-state index >= 15 is 0 Å². The lowest BCUT2D eigenvalue weighted by molar-refractivity contribution is -0.123. The molecule has 2 aliphatic heterocycles. The van der Waals surface area contributed by atoms with Gasteiger partial charge in [0.15, 0.2) is 0 Å². The first-order valence-corrected chi connectivity index (χ1v) is 10.9. The first-order chi connectivity index (χ1) is 11.3. The summed E-state index contributed by atoms with van der Waals surface area (Å²) in [7, 11) is 0. The number of carbonyl (C=O) groups is 1. The highest BCUT2D eigenvalue weighted by molar-refractivity contribution is 7.99. The molecule has 0 aromatic carbocycles. The Bertz CT molecular complexity index is 531. The number of likely N-dealkylation sites (tertiary alicyclic amines) is 1. The lowest BCUT2D eigenvalue weighted by atomic mass is 9.89. The van der Waals surface area contributed by atoms with Gasteiger partial charge in [-0.2, -0.15) is 11.8 Å². The van der Waals surface area contributed by atoms with Crippen LogP contribution in [0.15, 0.2) is 17.5 Å². The van der Waals surface area contributed by atoms with Gasteiger partial charge in [-0.3, -0.25) is 4.79 Å². The maximum absolute atomic E-state index is 12.4. The molecule has 0 radical (unpaired) electrons. The van der Waals surface area contributed by atoms with E-state index in [0.717, 1.165) is 12.5 Å². The van der Waals surface area contributed by atoms with E-state index in [9.17, 15) is 4.79 Å². The maximum Gasteiger partial charge on any atom is 0.223 e. The van der Waals surface area contributed by atoms with Crippen LogP contribution >= 0.6 is 23.1 Å². The van der Waals surface area contributed by atoms with Gasteiger partial charge in [-0.1, -0.05) is 6.07 Å². The molecule has 1 aromatic rings. The van der Waals surface area contributed by atoms with E-state index in [-0.39, 0.29) is 5.92 Å². The van der Waals surface area contributed by atoms with Crippen LogP contribution in [0.25, 0.3) is 0 Å². The summed E-state index contributed by atoms with van der Waals surface area (Å²) in [5.41, 5.74) is 0.347. The third-order valence-corrected chi connectivity index (χ3v) is 7.95. The molecule has 3 nitrogen and oxygen atoms in total. The summed E-state index contributed by atoms with van der Waals surface area (Å²) in [6, 6.07) is 4.96. The molecular formula is C18H26N2OS2. The van der Waals surface area contributed by atoms with Gasteiger partial charge in [-0.15, -0.1) is 11.3 Å². The fourth-order valence-electron chi connectivity index (χ4n) is 4.37. The highest BCUT2D eigenvalue weighted by Gasteiger charge is 2.58. The fraction of sp³-hybridized carbons (Fsp3) is 0.722. The molecule has 2 saturated heterocycles. The number of nitrogens with one attached hydrogen (secondary N) is 1. The zero-order chi connectivity index (χ0) is 15.7. The predicted molar refractivity (Wildman–Crippen MR) is 97.9 cm³/mol. The first-order valence-electron chi connectivity index (χ1n) is 8.89. The van der Waals surface area contributed by atoms with Crippen molar-refractivity contribution in [2.45, 2.75) is 44.7 Å². The van der Waals surface area contributed by atoms with E-state index in [4.69, 9.17) is 0 Å². The van der Waals surface area contributed by atoms with Crippen molar-refractivity contribution in [2.75, 3.05) is 24.6 Å². The second kappa shape index (κ2) is 6.77. The summed E-state index contributed by atoms with van der Waals surface area (Å²) in [6.45, 7) is 3.13. The van der Waals surface area contributed by atoms with Gasteiger partial charge in [0, 0.05) is 16.8 Å². The SMILES string of the molecule is O=C(NCc1cccs1)[C@H]1CC12CCN(C1CCSCC1)CC2. The molecule has 0 unspecified atom stereocenters. The molecular weight excluding hydrogens is 324 g/mol. The summed E-state index contributed by atoms with van der Waals surface area (Å²) in [4.78, 5) is 16.4. The Morgan fingerprint density at radius 1 is 1.30 bits per heavy atom. The molecule has 3 aliphatic rings. The van der Waals surface area contributed by atoms with Crippen molar-refractivity contribution < 1.29 is 4.79 Å². The van der Waals surface area contributed by atoms with Crippen LogP contribution in [0.5, 0.6) is 0 Å². The Balaban J connectivity index is 1.25. The van der Waals surface area contributed by atoms with Crippen LogP contribution in [0.4, 0.5) is 0 Å². The Kier molecular flexibility index (Phi) is 4.70. The van der Waals surface area contributed by atoms with Crippen LogP contribution in [0, 0.1) is 11.3 Å². The fourth-order valence-corrected chi connectivity index (χ4v) is 6.09. The average Bonchev–Trinajstić information content (AvgIpc) is 3.05. The van der Waals surface area contributed by atoms with Gasteiger partial charge in [0.25, 0.3) is 0 Å². The van der Waals surface area contributed by atoms with E-state index in [1.165, 1.54) is 55.2 Å². The smallest absolute Gasteiger partial charge is 0.223 e. The Morgan fingerprint density at radius 2 is 2.09 bits per heavy atom. The molecule has 126 valence electrons. The Morgan fingerprint density at radius 3 is 2.78 bits per heavy atom. The summed E-state index contributed by atoms with van der Waals surface area (Å²) in [6.07, 6.45) is 6.31. The van der Waals surface area contributed by atoms with Gasteiger partial charge < -0.3 is 10.2 Å². The van der Waals surface area contributed by atoms with Crippen molar-refractivity contribution in [3.63, 3.8) is 0 Å². The number of nitrogens with zero attached hydrogens (tertiary/aromatic N) is 1. The summed E-state index contributed by atoms with van der Waals surface area (Å²) in [5.74, 6) is 3.24. The molecule has 3 fully saturated rings. The van der Waals surface area contributed by atoms with Gasteiger partial charge in [0.05, 0.1) is 6.54 Å². The molecule has 23 heavy (non-hydrogen) atoms. The number of thioether (sulfide) groups is 1. The number of amides is 1. The van der Waals surface area contributed by atoms with Crippen molar-refractivity contribution in [3.8, 4) is 0 Å². The molecule has 1 amide bonds. The van der Waals surface area contributed by atoms with Gasteiger partial charge >= 0.3 is 0 Å². The number of carbonyl (C=O) groups excluding carboxylic acids is 1. The second-order valence-corrected chi connectivity index (χ2v) is 9.55. The minimum Gasteiger partial charge on any atom is -0.351 e. The number of hydrogen-bond donors (Lipinski definition) is 1. The van der Waals surface area contributed by atoms with Crippen LogP contribution in [0.1, 0.15) is 37.0 Å². The zero-order valence-electron chi connectivity index (χ0n) is 13.6. The van der Waals surface area contributed by atoms with Crippen molar-refractivity contribution in [1.82, 2.24) is 10.2 Å². The van der Waals surface area contributed by atoms with Gasteiger partial charge in [0.1, 0.15) is 0 Å². The molecule has 1 aromatic heterocycles. The highest BCUT2D eigenvalue weighted by atomic mass is 32.2. The number of piperidine rings is 1. The summed E-state index contributed by atoms with van der Waals surface area (Å²) < 4.78 is 0. The summed E-state index contributed by atoms with van der Waals surface area (Å²) in [5, 5.41) is 5.22. The third kappa shape index (κ3) is 3.47. The Hall–Kier alpha value is -0.520. The molecule has 5 heteroatoms. The van der Waals surface area contributed by atoms with Crippen LogP contribution in [-0.4, -0.2) is 41.4 Å². The summed E-state index contributed by atoms with van der Waals surface area (Å²) >= 11 is 3.82. The molecule has 1 atom stereocenters. The van der Waals surface area contributed by atoms with Crippen LogP contribution < -0.4 is 5.32 Å². The van der Waals surface area contributed by atoms with E-state index < -0.39 is 0 Å². The van der Waals surface area contributed by atoms with E-state index in [1.54, 1.807) is 11.3 Å². The first kappa shape index (κ1) is 16.0. The third-order valence-electron chi connectivity index (χ3n) is 6.02. The van der Waals surface area contributed by atoms with Crippen LogP contribution in [0.2, 0.25) is 0 Å². The molecule has 4 rings (SSSR count). The van der Waals surface area contributed by atoms with Crippen molar-refractivity contribution >= 4 is 29.0 Å². The van der Waals surface area contributed by atoms with E-state index in [1.807, 2.05) is 6.07 Å². The molecule has 3 heterocycles. The lowest BCUT2D eigenvalue weighted by Crippen LogP contribution is -2.44. The molecule has 1 aliphatic carbocycles. The number of thiophene rings is 1. The molecule has 0 bridgehead atoms. The van der Waals surface area contributed by atoms with Crippen LogP contribution in [-0.2, 0) is 11.3 Å². The molecule has 1 spiro atoms. The second-order valence-electron chi connectivity index (χ2n) is 7.30. The monoisotopic (exact) mass is 350 g/mol. The quantitative estimate of drug-likeness (QED) is 0.904. The number of rotatable bonds is 4. The minimum absolute atomic E-state index is 0.284. The predicted octanol–water partition coefficient (Wildman–Crippen LogP) is 3.36. The van der Waals surface area contributed by atoms with E-state index in [2.05, 4.69) is 33.4 Å². The maximum atomic E-state index is 12.4. The average molecular weight is 351 g/mol. The largest absolute Gasteiger partial charge is 0.351 e. The topological polar surface area (TPSA) is 32.3 Å². The van der Waals surface area contributed by atoms with Crippen molar-refractivity contribution in [2.24, 2.45) is 11.3 Å². The van der Waals surface area contributed by atoms with Crippen LogP contribution in [0.3, 0.4) is 0 Å². The van der Waals surface area contributed by atoms with Crippen molar-refractivity contribution in [3.05, 3.63) is 22.4 Å². The molecule has 1 saturated carbocycles. The minimum atomic E-state index is 0.284. The zero-order valence-corrected chi connectivity index (χ0v) is 15.3. The lowest BCUT2D eigenvalue weighted by Gasteiger charge is -2.39. The standard InChI is InChI=1S/C18H26N2OS2/c21-17(19-13-15-2-1-9-23-15)16-12-18(16)5-7-20(8-6-18)14-3-10-22-11-4-14/h1-2,9,14,16H,3-8,10-13H2,(H,19,21)/t16-/m1/s1. The number of hydrogen-bond acceptors (Lipinski definition) is 4. The van der Waals surface area contributed by atoms with Gasteiger partial charge in [-0.25, -0.2) is 0 Å². The van der Waals surface area contributed by atoms with Crippen molar-refractivity contribution in [1.29, 1.82) is 0 Å². The Labute approximate surface area is 147 Å². The van der Waals surface area contributed by atoms with Gasteiger partial charge in [0.2, 0.25) is 5.91 Å². The van der Waals surface area contributed by atoms with Gasteiger partial charge in [-0.05, 0) is 73.6 Å². The molecule has 1 N–H and O–H groups in total. The highest BCUT2D eigenvalue weighted by Crippen LogP contribution is 2.59. The normalized spacial score (nSPS) is 27.9. The van der Waals surface area contributed by atoms with E-state index in [0.29, 0.717) is 17.9 Å².